The van der Waals surface area contributed by atoms with Gasteiger partial charge < -0.3 is 9.64 Å². The fraction of sp³-hybridized carbons (Fsp3) is 0.417. The molecule has 0 aromatic heterocycles. The van der Waals surface area contributed by atoms with Crippen molar-refractivity contribution >= 4 is 11.5 Å². The highest BCUT2D eigenvalue weighted by molar-refractivity contribution is 5.87. The fourth-order valence-electron chi connectivity index (χ4n) is 1.86. The van der Waals surface area contributed by atoms with E-state index in [1.165, 1.54) is 0 Å². The molecule has 3 heteroatoms. The second-order valence-electron chi connectivity index (χ2n) is 3.81. The van der Waals surface area contributed by atoms with Gasteiger partial charge in [0.1, 0.15) is 0 Å². The maximum Gasteiger partial charge on any atom is 0.153 e. The molecule has 1 aromatic rings. The van der Waals surface area contributed by atoms with Crippen molar-refractivity contribution in [3.05, 3.63) is 29.8 Å². The molecule has 0 bridgehead atoms. The van der Waals surface area contributed by atoms with Crippen molar-refractivity contribution < 1.29 is 9.53 Å². The summed E-state index contributed by atoms with van der Waals surface area (Å²) in [7, 11) is 1.69. The van der Waals surface area contributed by atoms with E-state index in [9.17, 15) is 4.79 Å². The molecule has 1 aromatic carbocycles. The lowest BCUT2D eigenvalue weighted by Crippen LogP contribution is -2.19. The number of carbonyl (C=O) groups is 1. The van der Waals surface area contributed by atoms with Gasteiger partial charge in [-0.2, -0.15) is 0 Å². The average molecular weight is 205 g/mol. The Kier molecular flexibility index (Phi) is 3.02. The van der Waals surface area contributed by atoms with E-state index >= 15 is 0 Å². The van der Waals surface area contributed by atoms with Gasteiger partial charge in [0.25, 0.3) is 0 Å². The molecule has 0 aliphatic carbocycles. The van der Waals surface area contributed by atoms with Crippen LogP contribution in [-0.4, -0.2) is 26.0 Å². The summed E-state index contributed by atoms with van der Waals surface area (Å²) in [6.07, 6.45) is 0.675. The number of hydrogen-bond donors (Lipinski definition) is 0. The molecule has 1 saturated heterocycles. The molecule has 2 rings (SSSR count). The van der Waals surface area contributed by atoms with E-state index in [0.29, 0.717) is 25.4 Å². The third-order valence-electron chi connectivity index (χ3n) is 2.61. The zero-order valence-electron chi connectivity index (χ0n) is 8.90. The summed E-state index contributed by atoms with van der Waals surface area (Å²) in [5.41, 5.74) is 2.27. The van der Waals surface area contributed by atoms with Crippen molar-refractivity contribution in [3.8, 4) is 0 Å². The predicted octanol–water partition coefficient (Wildman–Crippen LogP) is 1.61. The van der Waals surface area contributed by atoms with Gasteiger partial charge in [0, 0.05) is 25.8 Å². The van der Waals surface area contributed by atoms with Crippen LogP contribution in [0, 0.1) is 0 Å². The minimum atomic E-state index is 0.326. The lowest BCUT2D eigenvalue weighted by Gasteiger charge is -2.17. The van der Waals surface area contributed by atoms with Crippen LogP contribution in [0.3, 0.4) is 0 Å². The number of hydrogen-bond acceptors (Lipinski definition) is 3. The normalized spacial score (nSPS) is 16.1. The van der Waals surface area contributed by atoms with Crippen LogP contribution in [-0.2, 0) is 16.1 Å². The van der Waals surface area contributed by atoms with Gasteiger partial charge >= 0.3 is 0 Å². The zero-order chi connectivity index (χ0) is 10.7. The van der Waals surface area contributed by atoms with Crippen LogP contribution in [0.25, 0.3) is 0 Å². The summed E-state index contributed by atoms with van der Waals surface area (Å²) in [6, 6.07) is 8.16. The summed E-state index contributed by atoms with van der Waals surface area (Å²) in [4.78, 5) is 13.3. The van der Waals surface area contributed by atoms with Gasteiger partial charge in [-0.25, -0.2) is 0 Å². The van der Waals surface area contributed by atoms with E-state index in [-0.39, 0.29) is 0 Å². The van der Waals surface area contributed by atoms with Crippen LogP contribution in [0.15, 0.2) is 24.3 Å². The zero-order valence-corrected chi connectivity index (χ0v) is 8.90. The molecule has 80 valence electrons. The van der Waals surface area contributed by atoms with E-state index in [4.69, 9.17) is 4.74 Å². The van der Waals surface area contributed by atoms with E-state index in [0.717, 1.165) is 17.8 Å². The number of anilines is 1. The molecule has 15 heavy (non-hydrogen) atoms. The van der Waals surface area contributed by atoms with Crippen molar-refractivity contribution in [2.24, 2.45) is 0 Å². The molecular weight excluding hydrogens is 190 g/mol. The second-order valence-corrected chi connectivity index (χ2v) is 3.81. The fourth-order valence-corrected chi connectivity index (χ4v) is 1.86. The molecule has 0 radical (unpaired) electrons. The van der Waals surface area contributed by atoms with Crippen LogP contribution >= 0.6 is 0 Å². The lowest BCUT2D eigenvalue weighted by molar-refractivity contribution is -0.116. The van der Waals surface area contributed by atoms with Crippen LogP contribution < -0.4 is 4.90 Å². The smallest absolute Gasteiger partial charge is 0.153 e. The summed E-state index contributed by atoms with van der Waals surface area (Å²) < 4.78 is 5.08. The third kappa shape index (κ3) is 2.36. The monoisotopic (exact) mass is 205 g/mol. The van der Waals surface area contributed by atoms with Gasteiger partial charge in [0.2, 0.25) is 0 Å². The number of ketones is 1. The highest BCUT2D eigenvalue weighted by atomic mass is 16.5. The number of nitrogens with zero attached hydrogens (tertiary/aromatic N) is 1. The third-order valence-corrected chi connectivity index (χ3v) is 2.61. The molecule has 3 nitrogen and oxygen atoms in total. The molecule has 0 saturated carbocycles. The number of methoxy groups -OCH3 is 1. The number of Topliss-reactive ketones (excluding diaryl/α,β-unsaturated/α-hetero) is 1. The van der Waals surface area contributed by atoms with Gasteiger partial charge in [-0.05, 0) is 17.7 Å². The minimum absolute atomic E-state index is 0.326. The van der Waals surface area contributed by atoms with Crippen molar-refractivity contribution in [2.75, 3.05) is 25.1 Å². The van der Waals surface area contributed by atoms with Gasteiger partial charge in [0.15, 0.2) is 5.78 Å². The van der Waals surface area contributed by atoms with Crippen molar-refractivity contribution in [3.63, 3.8) is 0 Å². The first kappa shape index (κ1) is 10.2. The Morgan fingerprint density at radius 3 is 3.00 bits per heavy atom. The number of ether oxygens (including phenoxy) is 1. The Labute approximate surface area is 89.7 Å². The summed E-state index contributed by atoms with van der Waals surface area (Å²) in [6.45, 7) is 2.02. The van der Waals surface area contributed by atoms with E-state index in [1.54, 1.807) is 7.11 Å². The van der Waals surface area contributed by atoms with Gasteiger partial charge in [-0.15, -0.1) is 0 Å². The molecule has 0 spiro atoms. The summed E-state index contributed by atoms with van der Waals surface area (Å²) >= 11 is 0. The Balaban J connectivity index is 2.14. The van der Waals surface area contributed by atoms with Crippen LogP contribution in [0.4, 0.5) is 5.69 Å². The number of carbonyl (C=O) groups excluding carboxylic acids is 1. The highest BCUT2D eigenvalue weighted by Crippen LogP contribution is 2.20. The predicted molar refractivity (Wildman–Crippen MR) is 59.0 cm³/mol. The van der Waals surface area contributed by atoms with Crippen LogP contribution in [0.1, 0.15) is 12.0 Å². The standard InChI is InChI=1S/C12H15NO2/c1-15-9-10-3-2-4-11(7-10)13-6-5-12(14)8-13/h2-4,7H,5-6,8-9H2,1H3. The Morgan fingerprint density at radius 1 is 1.47 bits per heavy atom. The largest absolute Gasteiger partial charge is 0.380 e. The van der Waals surface area contributed by atoms with E-state index in [1.807, 2.05) is 18.2 Å². The lowest BCUT2D eigenvalue weighted by atomic mass is 10.2. The molecule has 1 fully saturated rings. The number of rotatable bonds is 3. The quantitative estimate of drug-likeness (QED) is 0.751. The van der Waals surface area contributed by atoms with Gasteiger partial charge in [0.05, 0.1) is 13.2 Å². The first-order chi connectivity index (χ1) is 7.29. The summed E-state index contributed by atoms with van der Waals surface area (Å²) in [5.74, 6) is 0.326. The molecule has 0 N–H and O–H groups in total. The van der Waals surface area contributed by atoms with Crippen molar-refractivity contribution in [1.82, 2.24) is 0 Å². The molecule has 0 amide bonds. The van der Waals surface area contributed by atoms with Gasteiger partial charge in [-0.1, -0.05) is 12.1 Å². The molecular formula is C12H15NO2. The molecule has 1 heterocycles. The molecule has 0 atom stereocenters. The highest BCUT2D eigenvalue weighted by Gasteiger charge is 2.19. The SMILES string of the molecule is COCc1cccc(N2CCC(=O)C2)c1. The van der Waals surface area contributed by atoms with E-state index < -0.39 is 0 Å². The van der Waals surface area contributed by atoms with Crippen molar-refractivity contribution in [1.29, 1.82) is 0 Å². The maximum absolute atomic E-state index is 11.2. The van der Waals surface area contributed by atoms with Crippen LogP contribution in [0.5, 0.6) is 0 Å². The summed E-state index contributed by atoms with van der Waals surface area (Å²) in [5, 5.41) is 0. The average Bonchev–Trinajstić information content (AvgIpc) is 2.66. The Hall–Kier alpha value is -1.35. The second kappa shape index (κ2) is 4.45. The molecule has 1 aliphatic rings. The van der Waals surface area contributed by atoms with Crippen LogP contribution in [0.2, 0.25) is 0 Å². The number of benzene rings is 1. The van der Waals surface area contributed by atoms with Crippen molar-refractivity contribution in [2.45, 2.75) is 13.0 Å². The van der Waals surface area contributed by atoms with E-state index in [2.05, 4.69) is 11.0 Å². The Bertz CT molecular complexity index is 362. The first-order valence-corrected chi connectivity index (χ1v) is 5.14. The maximum atomic E-state index is 11.2. The topological polar surface area (TPSA) is 29.5 Å². The first-order valence-electron chi connectivity index (χ1n) is 5.14. The molecule has 0 unspecified atom stereocenters. The minimum Gasteiger partial charge on any atom is -0.380 e. The van der Waals surface area contributed by atoms with Gasteiger partial charge in [-0.3, -0.25) is 4.79 Å². The molecule has 1 aliphatic heterocycles. The Morgan fingerprint density at radius 2 is 2.33 bits per heavy atom.